The number of hydrogen-bond acceptors (Lipinski definition) is 6. The molecule has 3 N–H and O–H groups in total. The van der Waals surface area contributed by atoms with Gasteiger partial charge in [-0.2, -0.15) is 5.10 Å². The minimum Gasteiger partial charge on any atom is -0.378 e. The molecular weight excluding hydrogens is 338 g/mol. The number of nitrogens with zero attached hydrogens (tertiary/aromatic N) is 3. The van der Waals surface area contributed by atoms with Gasteiger partial charge in [0.05, 0.1) is 25.1 Å². The lowest BCUT2D eigenvalue weighted by Gasteiger charge is -2.03. The van der Waals surface area contributed by atoms with Gasteiger partial charge in [-0.3, -0.25) is 4.79 Å². The smallest absolute Gasteiger partial charge is 0.270 e. The molecule has 2 heterocycles. The number of thiazole rings is 1. The second-order valence-corrected chi connectivity index (χ2v) is 6.06. The van der Waals surface area contributed by atoms with Crippen LogP contribution in [-0.4, -0.2) is 47.0 Å². The van der Waals surface area contributed by atoms with Crippen LogP contribution in [0.5, 0.6) is 0 Å². The van der Waals surface area contributed by atoms with E-state index in [0.29, 0.717) is 32.0 Å². The Morgan fingerprint density at radius 3 is 2.92 bits per heavy atom. The number of carbonyl (C=O) groups is 1. The zero-order valence-electron chi connectivity index (χ0n) is 13.6. The molecule has 0 aliphatic rings. The Morgan fingerprint density at radius 1 is 1.28 bits per heavy atom. The summed E-state index contributed by atoms with van der Waals surface area (Å²) in [5.41, 5.74) is 7.57. The summed E-state index contributed by atoms with van der Waals surface area (Å²) in [6, 6.07) is 9.83. The summed E-state index contributed by atoms with van der Waals surface area (Å²) in [4.78, 5) is 16.5. The second kappa shape index (κ2) is 8.52. The molecule has 3 rings (SSSR count). The van der Waals surface area contributed by atoms with Crippen molar-refractivity contribution in [2.75, 3.05) is 26.3 Å². The van der Waals surface area contributed by atoms with E-state index in [-0.39, 0.29) is 5.91 Å². The molecule has 25 heavy (non-hydrogen) atoms. The van der Waals surface area contributed by atoms with Crippen molar-refractivity contribution in [2.45, 2.75) is 0 Å². The molecule has 8 heteroatoms. The largest absolute Gasteiger partial charge is 0.378 e. The summed E-state index contributed by atoms with van der Waals surface area (Å²) in [6.45, 7) is 1.82. The van der Waals surface area contributed by atoms with Gasteiger partial charge in [-0.1, -0.05) is 18.2 Å². The number of nitrogens with two attached hydrogens (primary N) is 1. The third kappa shape index (κ3) is 4.50. The Balaban J connectivity index is 1.62. The first-order valence-electron chi connectivity index (χ1n) is 7.90. The average Bonchev–Trinajstić information content (AvgIpc) is 3.31. The van der Waals surface area contributed by atoms with Gasteiger partial charge in [0.25, 0.3) is 5.91 Å². The van der Waals surface area contributed by atoms with Gasteiger partial charge in [-0.15, -0.1) is 11.3 Å². The number of para-hydroxylation sites is 1. The van der Waals surface area contributed by atoms with Crippen LogP contribution in [0.4, 0.5) is 0 Å². The number of benzene rings is 1. The van der Waals surface area contributed by atoms with Gasteiger partial charge in [0.2, 0.25) is 0 Å². The monoisotopic (exact) mass is 357 g/mol. The van der Waals surface area contributed by atoms with E-state index >= 15 is 0 Å². The molecule has 0 radical (unpaired) electrons. The first-order valence-corrected chi connectivity index (χ1v) is 8.78. The van der Waals surface area contributed by atoms with E-state index in [9.17, 15) is 4.79 Å². The highest BCUT2D eigenvalue weighted by molar-refractivity contribution is 7.13. The Kier molecular flexibility index (Phi) is 5.89. The van der Waals surface area contributed by atoms with Crippen LogP contribution in [0.3, 0.4) is 0 Å². The summed E-state index contributed by atoms with van der Waals surface area (Å²) in [5, 5.41) is 9.62. The lowest BCUT2D eigenvalue weighted by molar-refractivity contribution is 0.0916. The van der Waals surface area contributed by atoms with Crippen molar-refractivity contribution in [3.63, 3.8) is 0 Å². The quantitative estimate of drug-likeness (QED) is 0.598. The molecule has 2 aromatic heterocycles. The zero-order valence-corrected chi connectivity index (χ0v) is 14.4. The second-order valence-electron chi connectivity index (χ2n) is 5.20. The van der Waals surface area contributed by atoms with E-state index in [2.05, 4.69) is 15.4 Å². The highest BCUT2D eigenvalue weighted by Gasteiger charge is 2.13. The lowest BCUT2D eigenvalue weighted by atomic mass is 10.3. The molecular formula is C17H19N5O2S. The molecule has 0 saturated carbocycles. The number of amides is 1. The van der Waals surface area contributed by atoms with E-state index in [1.807, 2.05) is 36.5 Å². The standard InChI is InChI=1S/C17H19N5O2S/c18-6-8-24-9-7-19-16(23)15-12-25-17(21-15)13-10-20-22(11-13)14-4-2-1-3-5-14/h1-5,10-12H,6-9,18H2,(H,19,23). The van der Waals surface area contributed by atoms with Crippen molar-refractivity contribution < 1.29 is 9.53 Å². The van der Waals surface area contributed by atoms with E-state index < -0.39 is 0 Å². The van der Waals surface area contributed by atoms with Gasteiger partial charge in [0.15, 0.2) is 0 Å². The van der Waals surface area contributed by atoms with Crippen LogP contribution in [0.15, 0.2) is 48.1 Å². The Labute approximate surface area is 149 Å². The number of hydrogen-bond donors (Lipinski definition) is 2. The van der Waals surface area contributed by atoms with Crippen molar-refractivity contribution in [2.24, 2.45) is 5.73 Å². The fraction of sp³-hybridized carbons (Fsp3) is 0.235. The molecule has 3 aromatic rings. The maximum Gasteiger partial charge on any atom is 0.270 e. The number of aromatic nitrogens is 3. The molecule has 0 saturated heterocycles. The number of nitrogens with one attached hydrogen (secondary N) is 1. The fourth-order valence-corrected chi connectivity index (χ4v) is 2.95. The van der Waals surface area contributed by atoms with Crippen molar-refractivity contribution in [1.29, 1.82) is 0 Å². The molecule has 0 aliphatic carbocycles. The highest BCUT2D eigenvalue weighted by Crippen LogP contribution is 2.24. The molecule has 0 spiro atoms. The average molecular weight is 357 g/mol. The van der Waals surface area contributed by atoms with Crippen molar-refractivity contribution in [3.05, 3.63) is 53.8 Å². The third-order valence-corrected chi connectivity index (χ3v) is 4.27. The van der Waals surface area contributed by atoms with Crippen LogP contribution in [0.25, 0.3) is 16.3 Å². The van der Waals surface area contributed by atoms with Crippen LogP contribution in [0.2, 0.25) is 0 Å². The summed E-state index contributed by atoms with van der Waals surface area (Å²) in [7, 11) is 0. The molecule has 130 valence electrons. The number of ether oxygens (including phenoxy) is 1. The topological polar surface area (TPSA) is 95.1 Å². The first kappa shape index (κ1) is 17.3. The molecule has 7 nitrogen and oxygen atoms in total. The van der Waals surface area contributed by atoms with Gasteiger partial charge in [-0.25, -0.2) is 9.67 Å². The van der Waals surface area contributed by atoms with Crippen molar-refractivity contribution >= 4 is 17.2 Å². The fourth-order valence-electron chi connectivity index (χ4n) is 2.18. The Morgan fingerprint density at radius 2 is 2.12 bits per heavy atom. The zero-order chi connectivity index (χ0) is 17.5. The normalized spacial score (nSPS) is 10.8. The Bertz CT molecular complexity index is 815. The van der Waals surface area contributed by atoms with Gasteiger partial charge >= 0.3 is 0 Å². The molecule has 0 bridgehead atoms. The van der Waals surface area contributed by atoms with E-state index in [1.54, 1.807) is 16.3 Å². The SMILES string of the molecule is NCCOCCNC(=O)c1csc(-c2cnn(-c3ccccc3)c2)n1. The Hall–Kier alpha value is -2.55. The van der Waals surface area contributed by atoms with Gasteiger partial charge in [0, 0.05) is 30.2 Å². The predicted molar refractivity (Wildman–Crippen MR) is 96.9 cm³/mol. The van der Waals surface area contributed by atoms with Crippen LogP contribution in [0.1, 0.15) is 10.5 Å². The van der Waals surface area contributed by atoms with Crippen LogP contribution >= 0.6 is 11.3 Å². The molecule has 0 fully saturated rings. The molecule has 1 amide bonds. The number of rotatable bonds is 8. The van der Waals surface area contributed by atoms with Crippen molar-refractivity contribution in [3.8, 4) is 16.3 Å². The molecule has 1 aromatic carbocycles. The third-order valence-electron chi connectivity index (χ3n) is 3.38. The van der Waals surface area contributed by atoms with Crippen LogP contribution < -0.4 is 11.1 Å². The van der Waals surface area contributed by atoms with Gasteiger partial charge in [-0.05, 0) is 12.1 Å². The van der Waals surface area contributed by atoms with Gasteiger partial charge < -0.3 is 15.8 Å². The number of carbonyl (C=O) groups excluding carboxylic acids is 1. The lowest BCUT2D eigenvalue weighted by Crippen LogP contribution is -2.28. The summed E-state index contributed by atoms with van der Waals surface area (Å²) >= 11 is 1.41. The minimum absolute atomic E-state index is 0.214. The predicted octanol–water partition coefficient (Wildman–Crippen LogP) is 1.70. The van der Waals surface area contributed by atoms with Crippen LogP contribution in [-0.2, 0) is 4.74 Å². The van der Waals surface area contributed by atoms with E-state index in [4.69, 9.17) is 10.5 Å². The summed E-state index contributed by atoms with van der Waals surface area (Å²) < 4.78 is 7.00. The summed E-state index contributed by atoms with van der Waals surface area (Å²) in [5.74, 6) is -0.214. The van der Waals surface area contributed by atoms with E-state index in [1.165, 1.54) is 11.3 Å². The minimum atomic E-state index is -0.214. The summed E-state index contributed by atoms with van der Waals surface area (Å²) in [6.07, 6.45) is 3.64. The van der Waals surface area contributed by atoms with Crippen molar-refractivity contribution in [1.82, 2.24) is 20.1 Å². The molecule has 0 atom stereocenters. The first-order chi connectivity index (χ1) is 12.3. The highest BCUT2D eigenvalue weighted by atomic mass is 32.1. The van der Waals surface area contributed by atoms with Gasteiger partial charge in [0.1, 0.15) is 10.7 Å². The maximum absolute atomic E-state index is 12.1. The molecule has 0 aliphatic heterocycles. The maximum atomic E-state index is 12.1. The van der Waals surface area contributed by atoms with Crippen LogP contribution in [0, 0.1) is 0 Å². The molecule has 0 unspecified atom stereocenters. The van der Waals surface area contributed by atoms with E-state index in [0.717, 1.165) is 16.3 Å².